The molecule has 1 aromatic heterocycles. The van der Waals surface area contributed by atoms with Crippen LogP contribution in [0.3, 0.4) is 0 Å². The molecular formula is C18H17BrN2O3S. The van der Waals surface area contributed by atoms with Gasteiger partial charge in [0, 0.05) is 38.8 Å². The van der Waals surface area contributed by atoms with E-state index in [0.717, 1.165) is 32.4 Å². The van der Waals surface area contributed by atoms with E-state index in [0.29, 0.717) is 11.5 Å². The largest absolute Gasteiger partial charge is 0.497 e. The SMILES string of the molecule is COc1ccc2c(OCc3ccc(S(C)(=N)=O)cc3Br)ccnc2c1. The summed E-state index contributed by atoms with van der Waals surface area (Å²) >= 11 is 3.46. The van der Waals surface area contributed by atoms with Gasteiger partial charge in [0.15, 0.2) is 0 Å². The summed E-state index contributed by atoms with van der Waals surface area (Å²) in [5.41, 5.74) is 1.71. The van der Waals surface area contributed by atoms with E-state index in [9.17, 15) is 4.21 Å². The molecule has 3 aromatic rings. The molecule has 1 heterocycles. The van der Waals surface area contributed by atoms with E-state index in [-0.39, 0.29) is 0 Å². The first kappa shape index (κ1) is 17.7. The van der Waals surface area contributed by atoms with Gasteiger partial charge in [-0.1, -0.05) is 22.0 Å². The molecule has 0 aliphatic carbocycles. The van der Waals surface area contributed by atoms with Gasteiger partial charge in [-0.15, -0.1) is 0 Å². The van der Waals surface area contributed by atoms with E-state index < -0.39 is 9.73 Å². The van der Waals surface area contributed by atoms with Gasteiger partial charge in [0.05, 0.1) is 22.4 Å². The molecule has 3 rings (SSSR count). The predicted molar refractivity (Wildman–Crippen MR) is 102 cm³/mol. The van der Waals surface area contributed by atoms with E-state index in [2.05, 4.69) is 20.9 Å². The maximum atomic E-state index is 11.8. The van der Waals surface area contributed by atoms with Crippen molar-refractivity contribution < 1.29 is 13.7 Å². The van der Waals surface area contributed by atoms with Crippen LogP contribution in [0.5, 0.6) is 11.5 Å². The molecule has 0 bridgehead atoms. The second-order valence-corrected chi connectivity index (χ2v) is 8.59. The lowest BCUT2D eigenvalue weighted by Gasteiger charge is -2.12. The monoisotopic (exact) mass is 420 g/mol. The fourth-order valence-electron chi connectivity index (χ4n) is 2.40. The summed E-state index contributed by atoms with van der Waals surface area (Å²) < 4.78 is 31.4. The van der Waals surface area contributed by atoms with Crippen LogP contribution in [-0.4, -0.2) is 22.6 Å². The summed E-state index contributed by atoms with van der Waals surface area (Å²) in [5, 5.41) is 0.902. The third kappa shape index (κ3) is 3.93. The van der Waals surface area contributed by atoms with E-state index in [4.69, 9.17) is 14.3 Å². The Morgan fingerprint density at radius 2 is 2.00 bits per heavy atom. The summed E-state index contributed by atoms with van der Waals surface area (Å²) in [4.78, 5) is 4.83. The highest BCUT2D eigenvalue weighted by atomic mass is 79.9. The van der Waals surface area contributed by atoms with Gasteiger partial charge < -0.3 is 9.47 Å². The number of hydrogen-bond acceptors (Lipinski definition) is 5. The molecule has 0 saturated heterocycles. The molecule has 1 unspecified atom stereocenters. The van der Waals surface area contributed by atoms with Crippen molar-refractivity contribution in [2.45, 2.75) is 11.5 Å². The Bertz CT molecular complexity index is 1040. The Kier molecular flexibility index (Phi) is 4.96. The maximum absolute atomic E-state index is 11.8. The van der Waals surface area contributed by atoms with Gasteiger partial charge in [0.25, 0.3) is 0 Å². The second kappa shape index (κ2) is 7.01. The zero-order valence-corrected chi connectivity index (χ0v) is 16.2. The Morgan fingerprint density at radius 1 is 1.20 bits per heavy atom. The van der Waals surface area contributed by atoms with Crippen LogP contribution in [0.25, 0.3) is 10.9 Å². The van der Waals surface area contributed by atoms with Crippen molar-refractivity contribution in [2.24, 2.45) is 0 Å². The number of pyridine rings is 1. The van der Waals surface area contributed by atoms with E-state index in [1.165, 1.54) is 6.26 Å². The number of methoxy groups -OCH3 is 1. The molecule has 0 radical (unpaired) electrons. The zero-order valence-electron chi connectivity index (χ0n) is 13.8. The van der Waals surface area contributed by atoms with Crippen LogP contribution in [0.1, 0.15) is 5.56 Å². The third-order valence-electron chi connectivity index (χ3n) is 3.77. The van der Waals surface area contributed by atoms with E-state index in [1.54, 1.807) is 25.4 Å². The highest BCUT2D eigenvalue weighted by Crippen LogP contribution is 2.29. The number of halogens is 1. The number of fused-ring (bicyclic) bond motifs is 1. The minimum Gasteiger partial charge on any atom is -0.497 e. The van der Waals surface area contributed by atoms with Gasteiger partial charge >= 0.3 is 0 Å². The molecule has 1 N–H and O–H groups in total. The lowest BCUT2D eigenvalue weighted by molar-refractivity contribution is 0.309. The van der Waals surface area contributed by atoms with Gasteiger partial charge in [0.2, 0.25) is 0 Å². The molecule has 0 fully saturated rings. The van der Waals surface area contributed by atoms with Crippen molar-refractivity contribution in [2.75, 3.05) is 13.4 Å². The Hall–Kier alpha value is -2.12. The molecule has 0 aliphatic rings. The quantitative estimate of drug-likeness (QED) is 0.653. The number of ether oxygens (including phenoxy) is 2. The number of benzene rings is 2. The van der Waals surface area contributed by atoms with Gasteiger partial charge in [-0.05, 0) is 30.3 Å². The topological polar surface area (TPSA) is 72.3 Å². The van der Waals surface area contributed by atoms with E-state index in [1.807, 2.05) is 30.3 Å². The maximum Gasteiger partial charge on any atom is 0.130 e. The van der Waals surface area contributed by atoms with Crippen LogP contribution >= 0.6 is 15.9 Å². The van der Waals surface area contributed by atoms with Gasteiger partial charge in [-0.3, -0.25) is 4.98 Å². The first-order valence-corrected chi connectivity index (χ1v) is 10.2. The molecule has 5 nitrogen and oxygen atoms in total. The molecule has 0 aliphatic heterocycles. The standard InChI is InChI=1S/C18H17BrN2O3S/c1-23-13-4-6-15-17(9-13)21-8-7-18(15)24-11-12-3-5-14(10-16(12)19)25(2,20)22/h3-10,20H,11H2,1-2H3. The average Bonchev–Trinajstić information content (AvgIpc) is 2.59. The normalized spacial score (nSPS) is 13.4. The first-order chi connectivity index (χ1) is 11.9. The Morgan fingerprint density at radius 3 is 2.68 bits per heavy atom. The Labute approximate surface area is 155 Å². The lowest BCUT2D eigenvalue weighted by atomic mass is 10.2. The fourth-order valence-corrected chi connectivity index (χ4v) is 3.71. The summed E-state index contributed by atoms with van der Waals surface area (Å²) in [5.74, 6) is 1.47. The molecular weight excluding hydrogens is 404 g/mol. The molecule has 0 amide bonds. The molecule has 130 valence electrons. The number of rotatable bonds is 5. The minimum absolute atomic E-state index is 0.342. The molecule has 0 spiro atoms. The van der Waals surface area contributed by atoms with Crippen molar-refractivity contribution in [1.82, 2.24) is 4.98 Å². The third-order valence-corrected chi connectivity index (χ3v) is 5.66. The number of hydrogen-bond donors (Lipinski definition) is 1. The summed E-state index contributed by atoms with van der Waals surface area (Å²) in [6.07, 6.45) is 3.10. The van der Waals surface area contributed by atoms with Crippen molar-refractivity contribution in [3.05, 3.63) is 58.7 Å². The number of aromatic nitrogens is 1. The van der Waals surface area contributed by atoms with Crippen molar-refractivity contribution >= 4 is 36.6 Å². The van der Waals surface area contributed by atoms with Gasteiger partial charge in [-0.25, -0.2) is 8.99 Å². The van der Waals surface area contributed by atoms with E-state index >= 15 is 0 Å². The molecule has 0 saturated carbocycles. The van der Waals surface area contributed by atoms with Gasteiger partial charge in [-0.2, -0.15) is 0 Å². The smallest absolute Gasteiger partial charge is 0.130 e. The van der Waals surface area contributed by atoms with Gasteiger partial charge in [0.1, 0.15) is 18.1 Å². The van der Waals surface area contributed by atoms with Crippen LogP contribution in [-0.2, 0) is 16.3 Å². The molecule has 1 atom stereocenters. The highest BCUT2D eigenvalue weighted by molar-refractivity contribution is 9.10. The zero-order chi connectivity index (χ0) is 18.0. The second-order valence-electron chi connectivity index (χ2n) is 5.58. The minimum atomic E-state index is -2.74. The Balaban J connectivity index is 1.86. The first-order valence-electron chi connectivity index (χ1n) is 7.46. The van der Waals surface area contributed by atoms with Crippen molar-refractivity contribution in [1.29, 1.82) is 4.78 Å². The summed E-state index contributed by atoms with van der Waals surface area (Å²) in [6, 6.07) is 12.7. The number of nitrogens with zero attached hydrogens (tertiary/aromatic N) is 1. The predicted octanol–water partition coefficient (Wildman–Crippen LogP) is 4.62. The van der Waals surface area contributed by atoms with Crippen LogP contribution in [0.15, 0.2) is 58.0 Å². The van der Waals surface area contributed by atoms with Crippen LogP contribution in [0.2, 0.25) is 0 Å². The molecule has 2 aromatic carbocycles. The average molecular weight is 421 g/mol. The highest BCUT2D eigenvalue weighted by Gasteiger charge is 2.09. The van der Waals surface area contributed by atoms with Crippen LogP contribution in [0.4, 0.5) is 0 Å². The fraction of sp³-hybridized carbons (Fsp3) is 0.167. The van der Waals surface area contributed by atoms with Crippen LogP contribution in [0, 0.1) is 4.78 Å². The molecule has 25 heavy (non-hydrogen) atoms. The summed E-state index contributed by atoms with van der Waals surface area (Å²) in [6.45, 7) is 0.342. The van der Waals surface area contributed by atoms with Crippen LogP contribution < -0.4 is 9.47 Å². The number of nitrogens with one attached hydrogen (secondary N) is 1. The molecule has 7 heteroatoms. The lowest BCUT2D eigenvalue weighted by Crippen LogP contribution is -2.00. The van der Waals surface area contributed by atoms with Crippen molar-refractivity contribution in [3.63, 3.8) is 0 Å². The van der Waals surface area contributed by atoms with Crippen molar-refractivity contribution in [3.8, 4) is 11.5 Å². The summed E-state index contributed by atoms with van der Waals surface area (Å²) in [7, 11) is -1.12.